The average molecular weight is 373 g/mol. The molecule has 0 atom stereocenters. The van der Waals surface area contributed by atoms with E-state index < -0.39 is 29.6 Å². The number of halogens is 6. The largest absolute Gasteiger partial charge is 0.282 e. The zero-order valence-electron chi connectivity index (χ0n) is 12.7. The Kier molecular flexibility index (Phi) is 4.51. The van der Waals surface area contributed by atoms with E-state index in [4.69, 9.17) is 11.6 Å². The molecular formula is C17H10ClF5N2. The molecule has 0 aliphatic rings. The van der Waals surface area contributed by atoms with E-state index in [9.17, 15) is 22.0 Å². The van der Waals surface area contributed by atoms with Gasteiger partial charge in [0.1, 0.15) is 10.8 Å². The Hall–Kier alpha value is -2.41. The van der Waals surface area contributed by atoms with Crippen molar-refractivity contribution in [1.29, 1.82) is 0 Å². The normalized spacial score (nSPS) is 11.4. The molecule has 0 fully saturated rings. The van der Waals surface area contributed by atoms with E-state index in [0.29, 0.717) is 0 Å². The van der Waals surface area contributed by atoms with Gasteiger partial charge < -0.3 is 0 Å². The number of aromatic nitrogens is 2. The molecule has 0 amide bonds. The van der Waals surface area contributed by atoms with Crippen molar-refractivity contribution in [2.45, 2.75) is 13.3 Å². The summed E-state index contributed by atoms with van der Waals surface area (Å²) in [6.07, 6.45) is -2.83. The average Bonchev–Trinajstić information content (AvgIpc) is 2.88. The molecule has 1 heterocycles. The zero-order valence-corrected chi connectivity index (χ0v) is 13.5. The summed E-state index contributed by atoms with van der Waals surface area (Å²) in [5.41, 5.74) is 0.118. The highest BCUT2D eigenvalue weighted by Gasteiger charge is 2.22. The van der Waals surface area contributed by atoms with Gasteiger partial charge in [0.05, 0.1) is 5.69 Å². The maximum atomic E-state index is 13.6. The van der Waals surface area contributed by atoms with Crippen LogP contribution in [0.5, 0.6) is 0 Å². The van der Waals surface area contributed by atoms with Gasteiger partial charge in [-0.15, -0.1) is 0 Å². The number of nitrogens with zero attached hydrogens (tertiary/aromatic N) is 2. The van der Waals surface area contributed by atoms with Gasteiger partial charge in [0.2, 0.25) is 0 Å². The number of rotatable bonds is 3. The third-order valence-corrected chi connectivity index (χ3v) is 4.16. The van der Waals surface area contributed by atoms with Crippen molar-refractivity contribution >= 4 is 11.6 Å². The van der Waals surface area contributed by atoms with Gasteiger partial charge in [-0.2, -0.15) is 5.10 Å². The Morgan fingerprint density at radius 3 is 2.20 bits per heavy atom. The van der Waals surface area contributed by atoms with Crippen LogP contribution in [0.3, 0.4) is 0 Å². The SMILES string of the molecule is Cc1c(C(F)F)nn(-c2ccccc2-c2cc(F)c(F)c(F)c2)c1Cl. The summed E-state index contributed by atoms with van der Waals surface area (Å²) in [6, 6.07) is 7.80. The van der Waals surface area contributed by atoms with Crippen LogP contribution in [0.4, 0.5) is 22.0 Å². The van der Waals surface area contributed by atoms with Crippen LogP contribution in [0.15, 0.2) is 36.4 Å². The van der Waals surface area contributed by atoms with Crippen molar-refractivity contribution in [3.63, 3.8) is 0 Å². The minimum absolute atomic E-state index is 0.0230. The molecule has 0 aliphatic carbocycles. The Labute approximate surface area is 144 Å². The first-order valence-electron chi connectivity index (χ1n) is 7.08. The Morgan fingerprint density at radius 2 is 1.64 bits per heavy atom. The molecule has 130 valence electrons. The molecule has 8 heteroatoms. The second kappa shape index (κ2) is 6.48. The molecule has 0 N–H and O–H groups in total. The summed E-state index contributed by atoms with van der Waals surface area (Å²) in [6.45, 7) is 1.40. The number of benzene rings is 2. The summed E-state index contributed by atoms with van der Waals surface area (Å²) in [5.74, 6) is -4.31. The van der Waals surface area contributed by atoms with E-state index in [1.807, 2.05) is 0 Å². The van der Waals surface area contributed by atoms with Crippen molar-refractivity contribution in [2.75, 3.05) is 0 Å². The van der Waals surface area contributed by atoms with Crippen LogP contribution in [0, 0.1) is 24.4 Å². The lowest BCUT2D eigenvalue weighted by Gasteiger charge is -2.11. The summed E-state index contributed by atoms with van der Waals surface area (Å²) in [5, 5.41) is 3.75. The third-order valence-electron chi connectivity index (χ3n) is 3.72. The predicted octanol–water partition coefficient (Wildman–Crippen LogP) is 5.86. The van der Waals surface area contributed by atoms with Crippen LogP contribution in [0.1, 0.15) is 17.7 Å². The summed E-state index contributed by atoms with van der Waals surface area (Å²) in [7, 11) is 0. The van der Waals surface area contributed by atoms with E-state index >= 15 is 0 Å². The van der Waals surface area contributed by atoms with Crippen LogP contribution >= 0.6 is 11.6 Å². The maximum Gasteiger partial charge on any atom is 0.282 e. The fourth-order valence-corrected chi connectivity index (χ4v) is 2.70. The highest BCUT2D eigenvalue weighted by atomic mass is 35.5. The molecule has 25 heavy (non-hydrogen) atoms. The highest BCUT2D eigenvalue weighted by Crippen LogP contribution is 2.34. The topological polar surface area (TPSA) is 17.8 Å². The lowest BCUT2D eigenvalue weighted by molar-refractivity contribution is 0.145. The van der Waals surface area contributed by atoms with Gasteiger partial charge in [-0.3, -0.25) is 0 Å². The Bertz CT molecular complexity index is 929. The standard InChI is InChI=1S/C17H10ClF5N2/c1-8-15(17(22)23)24-25(16(8)18)13-5-3-2-4-10(13)9-6-11(19)14(21)12(20)7-9/h2-7,17H,1H3. The molecular weight excluding hydrogens is 363 g/mol. The lowest BCUT2D eigenvalue weighted by atomic mass is 10.0. The first-order valence-corrected chi connectivity index (χ1v) is 7.46. The number of hydrogen-bond donors (Lipinski definition) is 0. The van der Waals surface area contributed by atoms with Crippen molar-refractivity contribution in [2.24, 2.45) is 0 Å². The molecule has 0 saturated carbocycles. The summed E-state index contributed by atoms with van der Waals surface area (Å²) in [4.78, 5) is 0. The van der Waals surface area contributed by atoms with Crippen molar-refractivity contribution < 1.29 is 22.0 Å². The maximum absolute atomic E-state index is 13.6. The minimum Gasteiger partial charge on any atom is -0.221 e. The van der Waals surface area contributed by atoms with Gasteiger partial charge in [0, 0.05) is 11.1 Å². The van der Waals surface area contributed by atoms with Crippen LogP contribution < -0.4 is 0 Å². The molecule has 3 rings (SSSR count). The number of hydrogen-bond acceptors (Lipinski definition) is 1. The lowest BCUT2D eigenvalue weighted by Crippen LogP contribution is -2.01. The smallest absolute Gasteiger partial charge is 0.221 e. The van der Waals surface area contributed by atoms with E-state index in [0.717, 1.165) is 16.8 Å². The summed E-state index contributed by atoms with van der Waals surface area (Å²) >= 11 is 6.10. The van der Waals surface area contributed by atoms with E-state index in [-0.39, 0.29) is 27.5 Å². The molecule has 2 nitrogen and oxygen atoms in total. The van der Waals surface area contributed by atoms with Crippen LogP contribution in [0.25, 0.3) is 16.8 Å². The zero-order chi connectivity index (χ0) is 18.3. The van der Waals surface area contributed by atoms with E-state index in [1.165, 1.54) is 19.1 Å². The van der Waals surface area contributed by atoms with Crippen molar-refractivity contribution in [3.05, 3.63) is 70.3 Å². The molecule has 0 spiro atoms. The molecule has 0 aliphatic heterocycles. The molecule has 0 bridgehead atoms. The van der Waals surface area contributed by atoms with Gasteiger partial charge in [0.25, 0.3) is 6.43 Å². The molecule has 0 unspecified atom stereocenters. The van der Waals surface area contributed by atoms with Gasteiger partial charge in [-0.25, -0.2) is 26.6 Å². The number of para-hydroxylation sites is 1. The van der Waals surface area contributed by atoms with E-state index in [2.05, 4.69) is 5.10 Å². The third kappa shape index (κ3) is 3.00. The van der Waals surface area contributed by atoms with Crippen LogP contribution in [0.2, 0.25) is 5.15 Å². The van der Waals surface area contributed by atoms with Gasteiger partial charge >= 0.3 is 0 Å². The monoisotopic (exact) mass is 372 g/mol. The molecule has 0 saturated heterocycles. The fourth-order valence-electron chi connectivity index (χ4n) is 2.47. The second-order valence-corrected chi connectivity index (χ2v) is 5.64. The first kappa shape index (κ1) is 17.4. The molecule has 1 aromatic heterocycles. The number of alkyl halides is 2. The minimum atomic E-state index is -2.83. The van der Waals surface area contributed by atoms with Crippen LogP contribution in [-0.2, 0) is 0 Å². The highest BCUT2D eigenvalue weighted by molar-refractivity contribution is 6.30. The fraction of sp³-hybridized carbons (Fsp3) is 0.118. The predicted molar refractivity (Wildman–Crippen MR) is 83.6 cm³/mol. The Morgan fingerprint density at radius 1 is 1.04 bits per heavy atom. The molecule has 3 aromatic rings. The van der Waals surface area contributed by atoms with Gasteiger partial charge in [-0.05, 0) is 30.7 Å². The van der Waals surface area contributed by atoms with Crippen molar-refractivity contribution in [1.82, 2.24) is 9.78 Å². The summed E-state index contributed by atoms with van der Waals surface area (Å²) < 4.78 is 67.4. The molecule has 0 radical (unpaired) electrons. The quantitative estimate of drug-likeness (QED) is 0.416. The van der Waals surface area contributed by atoms with Crippen molar-refractivity contribution in [3.8, 4) is 16.8 Å². The van der Waals surface area contributed by atoms with Crippen LogP contribution in [-0.4, -0.2) is 9.78 Å². The first-order chi connectivity index (χ1) is 11.8. The van der Waals surface area contributed by atoms with Gasteiger partial charge in [0.15, 0.2) is 17.5 Å². The second-order valence-electron chi connectivity index (χ2n) is 5.28. The van der Waals surface area contributed by atoms with Gasteiger partial charge in [-0.1, -0.05) is 29.8 Å². The van der Waals surface area contributed by atoms with E-state index in [1.54, 1.807) is 12.1 Å². The Balaban J connectivity index is 2.23. The molecule has 2 aromatic carbocycles.